The predicted molar refractivity (Wildman–Crippen MR) is 79.9 cm³/mol. The van der Waals surface area contributed by atoms with Crippen molar-refractivity contribution < 1.29 is 9.84 Å². The van der Waals surface area contributed by atoms with Crippen molar-refractivity contribution in [1.29, 1.82) is 0 Å². The minimum atomic E-state index is -0.532. The van der Waals surface area contributed by atoms with E-state index in [1.807, 2.05) is 13.0 Å². The zero-order chi connectivity index (χ0) is 14.1. The number of hydrogen-bond donors (Lipinski definition) is 1. The number of terminal acetylenes is 1. The highest BCUT2D eigenvalue weighted by Gasteiger charge is 2.41. The van der Waals surface area contributed by atoms with Crippen molar-refractivity contribution in [3.8, 4) is 12.3 Å². The third-order valence-electron chi connectivity index (χ3n) is 4.10. The molecule has 19 heavy (non-hydrogen) atoms. The lowest BCUT2D eigenvalue weighted by Gasteiger charge is -2.29. The Balaban J connectivity index is 2.17. The summed E-state index contributed by atoms with van der Waals surface area (Å²) >= 11 is 0. The van der Waals surface area contributed by atoms with Crippen LogP contribution in [0.25, 0.3) is 0 Å². The summed E-state index contributed by atoms with van der Waals surface area (Å²) in [7, 11) is 0. The molecule has 0 amide bonds. The molecule has 0 aromatic rings. The molecule has 0 aromatic heterocycles. The van der Waals surface area contributed by atoms with Crippen LogP contribution in [-0.4, -0.2) is 22.9 Å². The number of ether oxygens (including phenoxy) is 1. The third-order valence-corrected chi connectivity index (χ3v) is 4.10. The monoisotopic (exact) mass is 264 g/mol. The van der Waals surface area contributed by atoms with Gasteiger partial charge in [0.15, 0.2) is 0 Å². The molecular formula is C17H28O2. The summed E-state index contributed by atoms with van der Waals surface area (Å²) in [5.74, 6) is 2.52. The van der Waals surface area contributed by atoms with Crippen LogP contribution in [0, 0.1) is 12.3 Å². The molecule has 108 valence electrons. The van der Waals surface area contributed by atoms with Gasteiger partial charge in [0.2, 0.25) is 0 Å². The van der Waals surface area contributed by atoms with Crippen molar-refractivity contribution in [3.05, 3.63) is 12.7 Å². The van der Waals surface area contributed by atoms with Gasteiger partial charge in [0.05, 0.1) is 17.8 Å². The van der Waals surface area contributed by atoms with Crippen LogP contribution < -0.4 is 0 Å². The molecule has 1 heterocycles. The molecule has 1 saturated heterocycles. The van der Waals surface area contributed by atoms with Gasteiger partial charge in [-0.1, -0.05) is 25.3 Å². The van der Waals surface area contributed by atoms with E-state index in [9.17, 15) is 5.11 Å². The van der Waals surface area contributed by atoms with Gasteiger partial charge in [0.25, 0.3) is 0 Å². The molecule has 0 bridgehead atoms. The number of unbranched alkanes of at least 4 members (excludes halogenated alkanes) is 4. The van der Waals surface area contributed by atoms with Crippen molar-refractivity contribution in [2.75, 3.05) is 0 Å². The number of aliphatic hydroxyl groups excluding tert-OH is 1. The van der Waals surface area contributed by atoms with Gasteiger partial charge in [0, 0.05) is 6.42 Å². The molecule has 0 radical (unpaired) electrons. The van der Waals surface area contributed by atoms with Crippen LogP contribution in [0.4, 0.5) is 0 Å². The Morgan fingerprint density at radius 2 is 2.21 bits per heavy atom. The Morgan fingerprint density at radius 1 is 1.47 bits per heavy atom. The molecule has 0 aromatic carbocycles. The van der Waals surface area contributed by atoms with Gasteiger partial charge >= 0.3 is 0 Å². The molecule has 1 N–H and O–H groups in total. The van der Waals surface area contributed by atoms with E-state index in [-0.39, 0.29) is 0 Å². The predicted octanol–water partition coefficient (Wildman–Crippen LogP) is 3.83. The van der Waals surface area contributed by atoms with E-state index in [0.29, 0.717) is 12.5 Å². The van der Waals surface area contributed by atoms with Crippen LogP contribution in [-0.2, 0) is 4.74 Å². The van der Waals surface area contributed by atoms with E-state index in [1.54, 1.807) is 0 Å². The molecular weight excluding hydrogens is 236 g/mol. The van der Waals surface area contributed by atoms with Gasteiger partial charge in [-0.15, -0.1) is 18.9 Å². The van der Waals surface area contributed by atoms with Crippen molar-refractivity contribution in [2.24, 2.45) is 0 Å². The third kappa shape index (κ3) is 5.38. The maximum atomic E-state index is 10.0. The van der Waals surface area contributed by atoms with Gasteiger partial charge in [0.1, 0.15) is 0 Å². The molecule has 2 nitrogen and oxygen atoms in total. The highest BCUT2D eigenvalue weighted by atomic mass is 16.5. The lowest BCUT2D eigenvalue weighted by atomic mass is 9.93. The first-order valence-corrected chi connectivity index (χ1v) is 7.52. The summed E-state index contributed by atoms with van der Waals surface area (Å²) in [5, 5.41) is 10.0. The first-order chi connectivity index (χ1) is 9.12. The Morgan fingerprint density at radius 3 is 2.89 bits per heavy atom. The fourth-order valence-electron chi connectivity index (χ4n) is 2.74. The lowest BCUT2D eigenvalue weighted by molar-refractivity contribution is -0.104. The molecule has 1 rings (SSSR count). The van der Waals surface area contributed by atoms with E-state index >= 15 is 0 Å². The van der Waals surface area contributed by atoms with E-state index < -0.39 is 11.7 Å². The number of allylic oxidation sites excluding steroid dienone is 1. The fraction of sp³-hybridized carbons (Fsp3) is 0.765. The molecule has 0 saturated carbocycles. The smallest absolute Gasteiger partial charge is 0.0936 e. The van der Waals surface area contributed by atoms with E-state index in [4.69, 9.17) is 11.2 Å². The molecule has 0 spiro atoms. The molecule has 0 unspecified atom stereocenters. The fourth-order valence-corrected chi connectivity index (χ4v) is 2.74. The zero-order valence-electron chi connectivity index (χ0n) is 12.2. The molecule has 1 aliphatic heterocycles. The van der Waals surface area contributed by atoms with Crippen molar-refractivity contribution in [3.63, 3.8) is 0 Å². The molecule has 0 aliphatic carbocycles. The minimum Gasteiger partial charge on any atom is -0.389 e. The second-order valence-electron chi connectivity index (χ2n) is 5.80. The van der Waals surface area contributed by atoms with Crippen LogP contribution in [0.3, 0.4) is 0 Å². The van der Waals surface area contributed by atoms with Crippen molar-refractivity contribution in [1.82, 2.24) is 0 Å². The standard InChI is InChI=1S/C17H28O2/c1-4-6-7-8-9-10-12-15-13-14-17(3,19-15)16(18)11-5-2/h2,4,15-16,18H,1,6-14H2,3H3/t15-,16+,17-/m0/s1. The van der Waals surface area contributed by atoms with Crippen LogP contribution in [0.5, 0.6) is 0 Å². The SMILES string of the molecule is C#CC[C@@H](O)[C@]1(C)CC[C@H](CCCCCCC=C)O1. The van der Waals surface area contributed by atoms with Crippen LogP contribution in [0.2, 0.25) is 0 Å². The van der Waals surface area contributed by atoms with Crippen molar-refractivity contribution >= 4 is 0 Å². The first-order valence-electron chi connectivity index (χ1n) is 7.52. The second kappa shape index (κ2) is 8.40. The van der Waals surface area contributed by atoms with Gasteiger partial charge in [-0.2, -0.15) is 0 Å². The highest BCUT2D eigenvalue weighted by Crippen LogP contribution is 2.36. The van der Waals surface area contributed by atoms with Gasteiger partial charge < -0.3 is 9.84 Å². The first kappa shape index (κ1) is 16.3. The average molecular weight is 264 g/mol. The minimum absolute atomic E-state index is 0.303. The van der Waals surface area contributed by atoms with Gasteiger partial charge in [-0.05, 0) is 39.0 Å². The number of hydrogen-bond acceptors (Lipinski definition) is 2. The van der Waals surface area contributed by atoms with Gasteiger partial charge in [-0.3, -0.25) is 0 Å². The van der Waals surface area contributed by atoms with Crippen LogP contribution in [0.1, 0.15) is 64.7 Å². The number of rotatable bonds is 9. The molecule has 2 heteroatoms. The molecule has 1 aliphatic rings. The molecule has 1 fully saturated rings. The number of aliphatic hydroxyl groups is 1. The quantitative estimate of drug-likeness (QED) is 0.389. The molecule has 3 atom stereocenters. The Kier molecular flexibility index (Phi) is 7.20. The summed E-state index contributed by atoms with van der Waals surface area (Å²) < 4.78 is 6.03. The zero-order valence-corrected chi connectivity index (χ0v) is 12.2. The summed E-state index contributed by atoms with van der Waals surface area (Å²) in [5.41, 5.74) is -0.431. The second-order valence-corrected chi connectivity index (χ2v) is 5.80. The highest BCUT2D eigenvalue weighted by molar-refractivity contribution is 4.98. The van der Waals surface area contributed by atoms with Crippen molar-refractivity contribution in [2.45, 2.75) is 82.5 Å². The lowest BCUT2D eigenvalue weighted by Crippen LogP contribution is -2.39. The summed E-state index contributed by atoms with van der Waals surface area (Å²) in [6.45, 7) is 5.72. The van der Waals surface area contributed by atoms with E-state index in [2.05, 4.69) is 12.5 Å². The summed E-state index contributed by atoms with van der Waals surface area (Å²) in [6.07, 6.45) is 16.6. The maximum Gasteiger partial charge on any atom is 0.0936 e. The van der Waals surface area contributed by atoms with Gasteiger partial charge in [-0.25, -0.2) is 0 Å². The summed E-state index contributed by atoms with van der Waals surface area (Å²) in [4.78, 5) is 0. The van der Waals surface area contributed by atoms with Crippen LogP contribution >= 0.6 is 0 Å². The van der Waals surface area contributed by atoms with E-state index in [0.717, 1.165) is 25.7 Å². The topological polar surface area (TPSA) is 29.5 Å². The summed E-state index contributed by atoms with van der Waals surface area (Å²) in [6, 6.07) is 0. The Labute approximate surface area is 118 Å². The Hall–Kier alpha value is -0.780. The maximum absolute atomic E-state index is 10.0. The van der Waals surface area contributed by atoms with E-state index in [1.165, 1.54) is 25.7 Å². The largest absolute Gasteiger partial charge is 0.389 e. The Bertz CT molecular complexity index is 305. The average Bonchev–Trinajstić information content (AvgIpc) is 2.77. The normalized spacial score (nSPS) is 27.9. The van der Waals surface area contributed by atoms with Crippen LogP contribution in [0.15, 0.2) is 12.7 Å².